The Morgan fingerprint density at radius 3 is 2.32 bits per heavy atom. The lowest BCUT2D eigenvalue weighted by molar-refractivity contribution is -0.384. The SMILES string of the molecule is O=CN1CCN(CCc2ccc([N+](=O)[O-])cc2)CC1. The molecule has 1 heterocycles. The van der Waals surface area contributed by atoms with Crippen LogP contribution in [0.4, 0.5) is 5.69 Å². The van der Waals surface area contributed by atoms with Crippen molar-refractivity contribution in [2.75, 3.05) is 32.7 Å². The highest BCUT2D eigenvalue weighted by Gasteiger charge is 2.14. The summed E-state index contributed by atoms with van der Waals surface area (Å²) in [7, 11) is 0. The normalized spacial score (nSPS) is 16.3. The van der Waals surface area contributed by atoms with E-state index in [2.05, 4.69) is 4.90 Å². The number of carbonyl (C=O) groups is 1. The lowest BCUT2D eigenvalue weighted by Crippen LogP contribution is -2.46. The van der Waals surface area contributed by atoms with E-state index in [9.17, 15) is 14.9 Å². The highest BCUT2D eigenvalue weighted by Crippen LogP contribution is 2.12. The number of nitro groups is 1. The predicted molar refractivity (Wildman–Crippen MR) is 70.9 cm³/mol. The average molecular weight is 263 g/mol. The fourth-order valence-electron chi connectivity index (χ4n) is 2.16. The Kier molecular flexibility index (Phi) is 4.46. The molecule has 1 aromatic rings. The van der Waals surface area contributed by atoms with E-state index in [0.29, 0.717) is 0 Å². The van der Waals surface area contributed by atoms with Crippen LogP contribution in [0.5, 0.6) is 0 Å². The van der Waals surface area contributed by atoms with Crippen molar-refractivity contribution in [3.05, 3.63) is 39.9 Å². The molecule has 1 amide bonds. The number of hydrogen-bond donors (Lipinski definition) is 0. The second kappa shape index (κ2) is 6.29. The van der Waals surface area contributed by atoms with Crippen LogP contribution < -0.4 is 0 Å². The van der Waals surface area contributed by atoms with E-state index in [1.807, 2.05) is 0 Å². The number of nitrogens with zero attached hydrogens (tertiary/aromatic N) is 3. The zero-order valence-electron chi connectivity index (χ0n) is 10.7. The zero-order chi connectivity index (χ0) is 13.7. The van der Waals surface area contributed by atoms with Crippen molar-refractivity contribution in [3.8, 4) is 0 Å². The molecule has 19 heavy (non-hydrogen) atoms. The van der Waals surface area contributed by atoms with Crippen molar-refractivity contribution < 1.29 is 9.72 Å². The molecule has 0 unspecified atom stereocenters. The van der Waals surface area contributed by atoms with Crippen molar-refractivity contribution in [2.24, 2.45) is 0 Å². The van der Waals surface area contributed by atoms with E-state index in [0.717, 1.165) is 51.1 Å². The first-order chi connectivity index (χ1) is 9.19. The van der Waals surface area contributed by atoms with E-state index < -0.39 is 0 Å². The molecule has 102 valence electrons. The van der Waals surface area contributed by atoms with Gasteiger partial charge in [-0.25, -0.2) is 0 Å². The minimum Gasteiger partial charge on any atom is -0.343 e. The van der Waals surface area contributed by atoms with Crippen molar-refractivity contribution in [1.29, 1.82) is 0 Å². The molecular weight excluding hydrogens is 246 g/mol. The van der Waals surface area contributed by atoms with Gasteiger partial charge < -0.3 is 4.90 Å². The summed E-state index contributed by atoms with van der Waals surface area (Å²) in [6, 6.07) is 6.69. The van der Waals surface area contributed by atoms with Crippen LogP contribution in [0.1, 0.15) is 5.56 Å². The number of benzene rings is 1. The van der Waals surface area contributed by atoms with Crippen molar-refractivity contribution in [1.82, 2.24) is 9.80 Å². The fourth-order valence-corrected chi connectivity index (χ4v) is 2.16. The highest BCUT2D eigenvalue weighted by molar-refractivity contribution is 5.47. The molecule has 0 saturated carbocycles. The van der Waals surface area contributed by atoms with Gasteiger partial charge in [-0.1, -0.05) is 12.1 Å². The van der Waals surface area contributed by atoms with Gasteiger partial charge in [-0.15, -0.1) is 0 Å². The average Bonchev–Trinajstić information content (AvgIpc) is 2.46. The fraction of sp³-hybridized carbons (Fsp3) is 0.462. The maximum atomic E-state index is 10.6. The van der Waals surface area contributed by atoms with E-state index in [-0.39, 0.29) is 10.6 Å². The van der Waals surface area contributed by atoms with Gasteiger partial charge >= 0.3 is 0 Å². The summed E-state index contributed by atoms with van der Waals surface area (Å²) in [5, 5.41) is 10.5. The summed E-state index contributed by atoms with van der Waals surface area (Å²) in [6.07, 6.45) is 1.77. The minimum atomic E-state index is -0.386. The van der Waals surface area contributed by atoms with E-state index in [1.54, 1.807) is 29.2 Å². The number of hydrogen-bond acceptors (Lipinski definition) is 4. The molecule has 0 spiro atoms. The van der Waals surface area contributed by atoms with Crippen LogP contribution >= 0.6 is 0 Å². The second-order valence-corrected chi connectivity index (χ2v) is 4.66. The Balaban J connectivity index is 1.79. The Labute approximate surface area is 111 Å². The lowest BCUT2D eigenvalue weighted by Gasteiger charge is -2.32. The van der Waals surface area contributed by atoms with Crippen LogP contribution in [0.25, 0.3) is 0 Å². The molecule has 1 fully saturated rings. The van der Waals surface area contributed by atoms with Gasteiger partial charge in [-0.05, 0) is 12.0 Å². The van der Waals surface area contributed by atoms with Crippen molar-refractivity contribution >= 4 is 12.1 Å². The summed E-state index contributed by atoms with van der Waals surface area (Å²) < 4.78 is 0. The third kappa shape index (κ3) is 3.75. The van der Waals surface area contributed by atoms with E-state index >= 15 is 0 Å². The van der Waals surface area contributed by atoms with Gasteiger partial charge in [0.15, 0.2) is 0 Å². The van der Waals surface area contributed by atoms with Crippen molar-refractivity contribution in [3.63, 3.8) is 0 Å². The first-order valence-electron chi connectivity index (χ1n) is 6.34. The van der Waals surface area contributed by atoms with Crippen molar-refractivity contribution in [2.45, 2.75) is 6.42 Å². The first-order valence-corrected chi connectivity index (χ1v) is 6.34. The van der Waals surface area contributed by atoms with Crippen LogP contribution in [0.15, 0.2) is 24.3 Å². The molecule has 0 N–H and O–H groups in total. The van der Waals surface area contributed by atoms with Crippen LogP contribution in [0.3, 0.4) is 0 Å². The topological polar surface area (TPSA) is 66.7 Å². The Bertz CT molecular complexity index is 439. The summed E-state index contributed by atoms with van der Waals surface area (Å²) in [5.74, 6) is 0. The summed E-state index contributed by atoms with van der Waals surface area (Å²) in [5.41, 5.74) is 1.23. The number of rotatable bonds is 5. The van der Waals surface area contributed by atoms with Gasteiger partial charge in [-0.2, -0.15) is 0 Å². The second-order valence-electron chi connectivity index (χ2n) is 4.66. The molecular formula is C13H17N3O3. The summed E-state index contributed by atoms with van der Waals surface area (Å²) in [6.45, 7) is 4.27. The summed E-state index contributed by atoms with van der Waals surface area (Å²) >= 11 is 0. The van der Waals surface area contributed by atoms with Gasteiger partial charge in [0, 0.05) is 44.9 Å². The maximum Gasteiger partial charge on any atom is 0.269 e. The minimum absolute atomic E-state index is 0.128. The smallest absolute Gasteiger partial charge is 0.269 e. The Hall–Kier alpha value is -1.95. The van der Waals surface area contributed by atoms with Crippen LogP contribution in [0, 0.1) is 10.1 Å². The molecule has 0 aliphatic carbocycles. The Morgan fingerprint density at radius 2 is 1.79 bits per heavy atom. The number of amides is 1. The predicted octanol–water partition coefficient (Wildman–Crippen LogP) is 0.911. The molecule has 1 aliphatic rings. The van der Waals surface area contributed by atoms with Crippen LogP contribution in [-0.2, 0) is 11.2 Å². The molecule has 6 nitrogen and oxygen atoms in total. The number of piperazine rings is 1. The van der Waals surface area contributed by atoms with E-state index in [4.69, 9.17) is 0 Å². The molecule has 1 aromatic carbocycles. The molecule has 6 heteroatoms. The quantitative estimate of drug-likeness (QED) is 0.450. The largest absolute Gasteiger partial charge is 0.343 e. The van der Waals surface area contributed by atoms with Crippen LogP contribution in [-0.4, -0.2) is 53.9 Å². The number of non-ortho nitro benzene ring substituents is 1. The zero-order valence-corrected chi connectivity index (χ0v) is 10.7. The van der Waals surface area contributed by atoms with Crippen LogP contribution in [0.2, 0.25) is 0 Å². The maximum absolute atomic E-state index is 10.6. The van der Waals surface area contributed by atoms with Gasteiger partial charge in [0.1, 0.15) is 0 Å². The molecule has 0 bridgehead atoms. The van der Waals surface area contributed by atoms with Gasteiger partial charge in [0.05, 0.1) is 4.92 Å². The van der Waals surface area contributed by atoms with E-state index in [1.165, 1.54) is 0 Å². The Morgan fingerprint density at radius 1 is 1.16 bits per heavy atom. The molecule has 0 radical (unpaired) electrons. The molecule has 1 saturated heterocycles. The lowest BCUT2D eigenvalue weighted by atomic mass is 10.1. The van der Waals surface area contributed by atoms with Gasteiger partial charge in [0.25, 0.3) is 5.69 Å². The number of nitro benzene ring substituents is 1. The third-order valence-corrected chi connectivity index (χ3v) is 3.42. The number of carbonyl (C=O) groups excluding carboxylic acids is 1. The first kappa shape index (κ1) is 13.5. The van der Waals surface area contributed by atoms with Gasteiger partial charge in [-0.3, -0.25) is 19.8 Å². The third-order valence-electron chi connectivity index (χ3n) is 3.42. The molecule has 0 aromatic heterocycles. The summed E-state index contributed by atoms with van der Waals surface area (Å²) in [4.78, 5) is 24.8. The molecule has 0 atom stereocenters. The highest BCUT2D eigenvalue weighted by atomic mass is 16.6. The van der Waals surface area contributed by atoms with Gasteiger partial charge in [0.2, 0.25) is 6.41 Å². The molecule has 1 aliphatic heterocycles. The molecule has 2 rings (SSSR count). The standard InChI is InChI=1S/C13H17N3O3/c17-11-15-9-7-14(8-10-15)6-5-12-1-3-13(4-2-12)16(18)19/h1-4,11H,5-10H2. The monoisotopic (exact) mass is 263 g/mol.